The van der Waals surface area contributed by atoms with Gasteiger partial charge in [0.15, 0.2) is 12.6 Å². The van der Waals surface area contributed by atoms with Gasteiger partial charge in [-0.3, -0.25) is 4.99 Å². The van der Waals surface area contributed by atoms with Gasteiger partial charge in [0.1, 0.15) is 5.75 Å². The lowest BCUT2D eigenvalue weighted by Gasteiger charge is -2.13. The van der Waals surface area contributed by atoms with Crippen LogP contribution in [-0.2, 0) is 13.1 Å². The molecule has 1 heterocycles. The van der Waals surface area contributed by atoms with Gasteiger partial charge in [-0.05, 0) is 29.3 Å². The lowest BCUT2D eigenvalue weighted by atomic mass is 10.2. The van der Waals surface area contributed by atoms with E-state index in [-0.39, 0.29) is 5.88 Å². The SMILES string of the molecule is CN=C(NCc1cccc(OC)c1)NCc1ccnc(OCC(F)(F)F)c1. The van der Waals surface area contributed by atoms with Crippen LogP contribution >= 0.6 is 0 Å². The van der Waals surface area contributed by atoms with E-state index in [0.29, 0.717) is 24.6 Å². The van der Waals surface area contributed by atoms with Crippen LogP contribution in [-0.4, -0.2) is 37.9 Å². The average molecular weight is 382 g/mol. The molecule has 0 aliphatic carbocycles. The molecule has 0 saturated carbocycles. The maximum absolute atomic E-state index is 12.2. The van der Waals surface area contributed by atoms with Gasteiger partial charge in [-0.25, -0.2) is 4.98 Å². The Balaban J connectivity index is 1.86. The number of halogens is 3. The first-order valence-electron chi connectivity index (χ1n) is 8.11. The Hall–Kier alpha value is -2.97. The van der Waals surface area contributed by atoms with Crippen molar-refractivity contribution in [2.45, 2.75) is 19.3 Å². The number of nitrogens with one attached hydrogen (secondary N) is 2. The van der Waals surface area contributed by atoms with Crippen molar-refractivity contribution >= 4 is 5.96 Å². The van der Waals surface area contributed by atoms with Crippen LogP contribution in [0.1, 0.15) is 11.1 Å². The number of alkyl halides is 3. The summed E-state index contributed by atoms with van der Waals surface area (Å²) >= 11 is 0. The van der Waals surface area contributed by atoms with E-state index in [9.17, 15) is 13.2 Å². The van der Waals surface area contributed by atoms with Crippen LogP contribution in [0.4, 0.5) is 13.2 Å². The first kappa shape index (κ1) is 20.3. The zero-order chi connectivity index (χ0) is 19.7. The van der Waals surface area contributed by atoms with Gasteiger partial charge in [0.05, 0.1) is 7.11 Å². The van der Waals surface area contributed by atoms with E-state index >= 15 is 0 Å². The van der Waals surface area contributed by atoms with Gasteiger partial charge in [-0.15, -0.1) is 0 Å². The van der Waals surface area contributed by atoms with Crippen molar-refractivity contribution in [3.05, 3.63) is 53.7 Å². The molecule has 2 N–H and O–H groups in total. The van der Waals surface area contributed by atoms with E-state index < -0.39 is 12.8 Å². The molecule has 0 radical (unpaired) electrons. The molecule has 6 nitrogen and oxygen atoms in total. The van der Waals surface area contributed by atoms with Crippen LogP contribution in [0.5, 0.6) is 11.6 Å². The zero-order valence-electron chi connectivity index (χ0n) is 15.0. The van der Waals surface area contributed by atoms with Crippen molar-refractivity contribution in [2.75, 3.05) is 20.8 Å². The molecule has 0 spiro atoms. The molecule has 9 heteroatoms. The third kappa shape index (κ3) is 7.43. The molecule has 0 bridgehead atoms. The first-order chi connectivity index (χ1) is 12.9. The van der Waals surface area contributed by atoms with Crippen LogP contribution in [0.15, 0.2) is 47.6 Å². The minimum Gasteiger partial charge on any atom is -0.497 e. The van der Waals surface area contributed by atoms with Crippen LogP contribution < -0.4 is 20.1 Å². The third-order valence-corrected chi connectivity index (χ3v) is 3.46. The third-order valence-electron chi connectivity index (χ3n) is 3.46. The topological polar surface area (TPSA) is 67.8 Å². The molecular weight excluding hydrogens is 361 g/mol. The molecule has 1 aromatic carbocycles. The molecule has 2 rings (SSSR count). The quantitative estimate of drug-likeness (QED) is 0.569. The lowest BCUT2D eigenvalue weighted by Crippen LogP contribution is -2.36. The number of rotatable bonds is 7. The standard InChI is InChI=1S/C18H21F3N4O2/c1-22-17(24-10-13-4-3-5-15(8-13)26-2)25-11-14-6-7-23-16(9-14)27-12-18(19,20)21/h3-9H,10-12H2,1-2H3,(H2,22,24,25). The summed E-state index contributed by atoms with van der Waals surface area (Å²) in [6, 6.07) is 10.8. The molecular formula is C18H21F3N4O2. The fraction of sp³-hybridized carbons (Fsp3) is 0.333. The number of ether oxygens (including phenoxy) is 2. The molecule has 0 unspecified atom stereocenters. The largest absolute Gasteiger partial charge is 0.497 e. The van der Waals surface area contributed by atoms with Crippen molar-refractivity contribution in [3.8, 4) is 11.6 Å². The summed E-state index contributed by atoms with van der Waals surface area (Å²) in [7, 11) is 3.24. The molecule has 0 aliphatic heterocycles. The summed E-state index contributed by atoms with van der Waals surface area (Å²) < 4.78 is 46.5. The number of hydrogen-bond donors (Lipinski definition) is 2. The van der Waals surface area contributed by atoms with E-state index in [4.69, 9.17) is 4.74 Å². The van der Waals surface area contributed by atoms with Gasteiger partial charge in [0.25, 0.3) is 0 Å². The second-order valence-corrected chi connectivity index (χ2v) is 5.54. The summed E-state index contributed by atoms with van der Waals surface area (Å²) in [5.74, 6) is 1.23. The predicted molar refractivity (Wildman–Crippen MR) is 95.8 cm³/mol. The van der Waals surface area contributed by atoms with Crippen LogP contribution in [0.25, 0.3) is 0 Å². The van der Waals surface area contributed by atoms with E-state index in [2.05, 4.69) is 25.3 Å². The normalized spacial score (nSPS) is 11.8. The van der Waals surface area contributed by atoms with E-state index in [1.54, 1.807) is 20.2 Å². The van der Waals surface area contributed by atoms with E-state index in [0.717, 1.165) is 11.3 Å². The Morgan fingerprint density at radius 2 is 1.81 bits per heavy atom. The summed E-state index contributed by atoms with van der Waals surface area (Å²) in [4.78, 5) is 7.89. The molecule has 27 heavy (non-hydrogen) atoms. The zero-order valence-corrected chi connectivity index (χ0v) is 15.0. The highest BCUT2D eigenvalue weighted by Gasteiger charge is 2.28. The van der Waals surface area contributed by atoms with Gasteiger partial charge >= 0.3 is 6.18 Å². The highest BCUT2D eigenvalue weighted by Crippen LogP contribution is 2.17. The summed E-state index contributed by atoms with van der Waals surface area (Å²) in [6.45, 7) is -0.490. The van der Waals surface area contributed by atoms with Crippen LogP contribution in [0, 0.1) is 0 Å². The summed E-state index contributed by atoms with van der Waals surface area (Å²) in [6.07, 6.45) is -3.00. The van der Waals surface area contributed by atoms with Gasteiger partial charge in [0, 0.05) is 32.4 Å². The molecule has 0 fully saturated rings. The average Bonchev–Trinajstić information content (AvgIpc) is 2.66. The number of aromatic nitrogens is 1. The number of hydrogen-bond acceptors (Lipinski definition) is 4. The van der Waals surface area contributed by atoms with Gasteiger partial charge in [-0.2, -0.15) is 13.2 Å². The Morgan fingerprint density at radius 1 is 1.11 bits per heavy atom. The van der Waals surface area contributed by atoms with E-state index in [1.165, 1.54) is 12.3 Å². The smallest absolute Gasteiger partial charge is 0.422 e. The first-order valence-corrected chi connectivity index (χ1v) is 8.11. The number of guanidine groups is 1. The molecule has 0 saturated heterocycles. The number of nitrogens with zero attached hydrogens (tertiary/aromatic N) is 2. The molecule has 146 valence electrons. The number of benzene rings is 1. The van der Waals surface area contributed by atoms with Crippen molar-refractivity contribution in [3.63, 3.8) is 0 Å². The molecule has 0 aliphatic rings. The van der Waals surface area contributed by atoms with E-state index in [1.807, 2.05) is 24.3 Å². The summed E-state index contributed by atoms with van der Waals surface area (Å²) in [5, 5.41) is 6.24. The summed E-state index contributed by atoms with van der Waals surface area (Å²) in [5.41, 5.74) is 1.73. The Labute approximate surface area is 155 Å². The lowest BCUT2D eigenvalue weighted by molar-refractivity contribution is -0.154. The Kier molecular flexibility index (Phi) is 7.27. The van der Waals surface area contributed by atoms with Crippen molar-refractivity contribution < 1.29 is 22.6 Å². The number of methoxy groups -OCH3 is 1. The van der Waals surface area contributed by atoms with Crippen molar-refractivity contribution in [1.82, 2.24) is 15.6 Å². The van der Waals surface area contributed by atoms with Crippen LogP contribution in [0.3, 0.4) is 0 Å². The Morgan fingerprint density at radius 3 is 2.44 bits per heavy atom. The molecule has 1 aromatic heterocycles. The second-order valence-electron chi connectivity index (χ2n) is 5.54. The van der Waals surface area contributed by atoms with Gasteiger partial charge in [0.2, 0.25) is 5.88 Å². The second kappa shape index (κ2) is 9.65. The van der Waals surface area contributed by atoms with Crippen molar-refractivity contribution in [1.29, 1.82) is 0 Å². The highest BCUT2D eigenvalue weighted by molar-refractivity contribution is 5.79. The van der Waals surface area contributed by atoms with Gasteiger partial charge < -0.3 is 20.1 Å². The van der Waals surface area contributed by atoms with Gasteiger partial charge in [-0.1, -0.05) is 12.1 Å². The van der Waals surface area contributed by atoms with Crippen LogP contribution in [0.2, 0.25) is 0 Å². The molecule has 0 amide bonds. The van der Waals surface area contributed by atoms with Crippen molar-refractivity contribution in [2.24, 2.45) is 4.99 Å². The molecule has 2 aromatic rings. The highest BCUT2D eigenvalue weighted by atomic mass is 19.4. The fourth-order valence-corrected chi connectivity index (χ4v) is 2.17. The Bertz CT molecular complexity index is 766. The maximum atomic E-state index is 12.2. The minimum absolute atomic E-state index is 0.0778. The fourth-order valence-electron chi connectivity index (χ4n) is 2.17. The predicted octanol–water partition coefficient (Wildman–Crippen LogP) is 2.90. The minimum atomic E-state index is -4.40. The monoisotopic (exact) mass is 382 g/mol. The number of pyridine rings is 1. The number of aliphatic imine (C=N–C) groups is 1. The molecule has 0 atom stereocenters. The maximum Gasteiger partial charge on any atom is 0.422 e.